The van der Waals surface area contributed by atoms with Crippen molar-refractivity contribution in [3.63, 3.8) is 0 Å². The first kappa shape index (κ1) is 18.5. The van der Waals surface area contributed by atoms with Crippen molar-refractivity contribution in [1.82, 2.24) is 9.97 Å². The van der Waals surface area contributed by atoms with Crippen molar-refractivity contribution in [1.29, 1.82) is 0 Å². The zero-order chi connectivity index (χ0) is 17.1. The molecule has 23 heavy (non-hydrogen) atoms. The highest BCUT2D eigenvalue weighted by molar-refractivity contribution is 9.09. The minimum atomic E-state index is -4.07. The van der Waals surface area contributed by atoms with Crippen LogP contribution in [0.1, 0.15) is 13.8 Å². The molecule has 0 fully saturated rings. The molecule has 0 aliphatic carbocycles. The van der Waals surface area contributed by atoms with Crippen molar-refractivity contribution in [3.8, 4) is 0 Å². The van der Waals surface area contributed by atoms with Crippen molar-refractivity contribution in [2.45, 2.75) is 18.8 Å². The number of hydrogen-bond donors (Lipinski definition) is 2. The summed E-state index contributed by atoms with van der Waals surface area (Å²) >= 11 is 2.57. The Kier molecular flexibility index (Phi) is 5.94. The van der Waals surface area contributed by atoms with Gasteiger partial charge < -0.3 is 15.2 Å². The summed E-state index contributed by atoms with van der Waals surface area (Å²) in [6.07, 6.45) is 1.44. The summed E-state index contributed by atoms with van der Waals surface area (Å²) in [5.74, 6) is 0.0603. The second kappa shape index (κ2) is 7.38. The van der Waals surface area contributed by atoms with Gasteiger partial charge in [-0.15, -0.1) is 0 Å². The van der Waals surface area contributed by atoms with Crippen molar-refractivity contribution >= 4 is 39.9 Å². The number of aromatic amines is 1. The summed E-state index contributed by atoms with van der Waals surface area (Å²) in [4.78, 5) is 4.14. The molecule has 10 heteroatoms. The number of para-hydroxylation sites is 1. The third-order valence-corrected chi connectivity index (χ3v) is 5.34. The molecule has 0 spiro atoms. The molecule has 0 aliphatic heterocycles. The van der Waals surface area contributed by atoms with E-state index in [0.29, 0.717) is 11.0 Å². The lowest BCUT2D eigenvalue weighted by Gasteiger charge is -2.25. The fourth-order valence-corrected chi connectivity index (χ4v) is 4.35. The lowest BCUT2D eigenvalue weighted by Crippen LogP contribution is -2.28. The standard InChI is InChI=1S/C13H18BrFN3O4P/c1-9(2)6-21-23(19,22-13(14,15)20-7-16)11-5-3-4-10-12(11)18-8-17-10/h3-5,8-9H,6-7,16H2,1-2H3,(H,17,18). The predicted molar refractivity (Wildman–Crippen MR) is 88.1 cm³/mol. The van der Waals surface area contributed by atoms with E-state index in [0.717, 1.165) is 0 Å². The summed E-state index contributed by atoms with van der Waals surface area (Å²) < 4.78 is 42.5. The first-order valence-corrected chi connectivity index (χ1v) is 9.21. The first-order chi connectivity index (χ1) is 10.8. The Morgan fingerprint density at radius 2 is 2.26 bits per heavy atom. The maximum Gasteiger partial charge on any atom is 0.388 e. The Morgan fingerprint density at radius 1 is 1.52 bits per heavy atom. The number of alkyl halides is 2. The molecule has 0 bridgehead atoms. The summed E-state index contributed by atoms with van der Waals surface area (Å²) in [6, 6.07) is 4.89. The number of aromatic nitrogens is 2. The number of nitrogens with two attached hydrogens (primary N) is 1. The van der Waals surface area contributed by atoms with Gasteiger partial charge in [0.1, 0.15) is 12.2 Å². The van der Waals surface area contributed by atoms with E-state index in [4.69, 9.17) is 14.8 Å². The van der Waals surface area contributed by atoms with Crippen LogP contribution in [0.5, 0.6) is 0 Å². The molecule has 2 rings (SSSR count). The molecule has 7 nitrogen and oxygen atoms in total. The van der Waals surface area contributed by atoms with E-state index in [1.807, 2.05) is 13.8 Å². The smallest absolute Gasteiger partial charge is 0.345 e. The zero-order valence-corrected chi connectivity index (χ0v) is 15.1. The minimum Gasteiger partial charge on any atom is -0.345 e. The molecular formula is C13H18BrFN3O4P. The number of nitrogens with one attached hydrogen (secondary N) is 1. The average Bonchev–Trinajstić information content (AvgIpc) is 2.92. The van der Waals surface area contributed by atoms with Gasteiger partial charge in [0.15, 0.2) is 0 Å². The monoisotopic (exact) mass is 409 g/mol. The lowest BCUT2D eigenvalue weighted by atomic mass is 10.2. The molecule has 0 radical (unpaired) electrons. The van der Waals surface area contributed by atoms with Gasteiger partial charge >= 0.3 is 12.5 Å². The topological polar surface area (TPSA) is 99.5 Å². The SMILES string of the molecule is CC(C)COP(=O)(OC(F)(Br)OCN)c1cccc2[nH]cnc12. The van der Waals surface area contributed by atoms with Gasteiger partial charge in [0, 0.05) is 15.9 Å². The number of nitrogens with zero attached hydrogens (tertiary/aromatic N) is 1. The molecule has 128 valence electrons. The number of fused-ring (bicyclic) bond motifs is 1. The second-order valence-electron chi connectivity index (χ2n) is 5.13. The molecule has 3 N–H and O–H groups in total. The van der Waals surface area contributed by atoms with E-state index in [-0.39, 0.29) is 17.8 Å². The van der Waals surface area contributed by atoms with Gasteiger partial charge in [0.05, 0.1) is 23.8 Å². The van der Waals surface area contributed by atoms with Crippen molar-refractivity contribution < 1.29 is 22.7 Å². The van der Waals surface area contributed by atoms with E-state index in [1.165, 1.54) is 12.4 Å². The van der Waals surface area contributed by atoms with Crippen LogP contribution in [0, 0.1) is 5.92 Å². The third kappa shape index (κ3) is 4.59. The number of hydrogen-bond acceptors (Lipinski definition) is 6. The van der Waals surface area contributed by atoms with Crippen LogP contribution in [-0.2, 0) is 18.3 Å². The Morgan fingerprint density at radius 3 is 2.91 bits per heavy atom. The number of halogens is 2. The number of rotatable bonds is 8. The van der Waals surface area contributed by atoms with Crippen LogP contribution >= 0.6 is 23.5 Å². The summed E-state index contributed by atoms with van der Waals surface area (Å²) in [7, 11) is -4.07. The predicted octanol–water partition coefficient (Wildman–Crippen LogP) is 2.98. The summed E-state index contributed by atoms with van der Waals surface area (Å²) in [6.45, 7) is 3.36. The van der Waals surface area contributed by atoms with Crippen molar-refractivity contribution in [2.75, 3.05) is 13.3 Å². The Bertz CT molecular complexity index is 709. The number of ether oxygens (including phenoxy) is 1. The molecule has 0 saturated carbocycles. The number of imidazole rings is 1. The van der Waals surface area contributed by atoms with Gasteiger partial charge in [-0.1, -0.05) is 19.9 Å². The largest absolute Gasteiger partial charge is 0.388 e. The van der Waals surface area contributed by atoms with E-state index >= 15 is 0 Å². The van der Waals surface area contributed by atoms with Crippen LogP contribution in [0.15, 0.2) is 24.5 Å². The van der Waals surface area contributed by atoms with Crippen molar-refractivity contribution in [3.05, 3.63) is 24.5 Å². The fraction of sp³-hybridized carbons (Fsp3) is 0.462. The third-order valence-electron chi connectivity index (χ3n) is 2.78. The van der Waals surface area contributed by atoms with Crippen LogP contribution < -0.4 is 11.0 Å². The van der Waals surface area contributed by atoms with Crippen LogP contribution in [0.25, 0.3) is 11.0 Å². The van der Waals surface area contributed by atoms with Gasteiger partial charge in [-0.3, -0.25) is 9.30 Å². The molecule has 1 aromatic heterocycles. The lowest BCUT2D eigenvalue weighted by molar-refractivity contribution is -0.194. The zero-order valence-electron chi connectivity index (χ0n) is 12.7. The molecule has 0 amide bonds. The molecule has 0 aliphatic rings. The van der Waals surface area contributed by atoms with Crippen LogP contribution in [-0.4, -0.2) is 28.3 Å². The molecule has 1 aromatic carbocycles. The van der Waals surface area contributed by atoms with E-state index < -0.39 is 19.3 Å². The molecule has 1 heterocycles. The highest BCUT2D eigenvalue weighted by Crippen LogP contribution is 2.53. The van der Waals surface area contributed by atoms with Gasteiger partial charge in [-0.2, -0.15) is 4.39 Å². The van der Waals surface area contributed by atoms with E-state index in [9.17, 15) is 8.96 Å². The Balaban J connectivity index is 2.44. The maximum atomic E-state index is 14.2. The highest BCUT2D eigenvalue weighted by Gasteiger charge is 2.42. The quantitative estimate of drug-likeness (QED) is 0.395. The minimum absolute atomic E-state index is 0.0603. The normalized spacial score (nSPS) is 17.3. The van der Waals surface area contributed by atoms with Gasteiger partial charge in [0.25, 0.3) is 0 Å². The fourth-order valence-electron chi connectivity index (χ4n) is 1.83. The Labute approximate surface area is 141 Å². The Hall–Kier alpha value is -0.830. The van der Waals surface area contributed by atoms with E-state index in [2.05, 4.69) is 30.6 Å². The average molecular weight is 410 g/mol. The highest BCUT2D eigenvalue weighted by atomic mass is 79.9. The molecular weight excluding hydrogens is 392 g/mol. The first-order valence-electron chi connectivity index (χ1n) is 6.87. The molecule has 2 unspecified atom stereocenters. The van der Waals surface area contributed by atoms with Gasteiger partial charge in [-0.05, 0) is 18.1 Å². The maximum absolute atomic E-state index is 14.2. The molecule has 0 saturated heterocycles. The number of H-pyrrole nitrogens is 1. The van der Waals surface area contributed by atoms with Crippen LogP contribution in [0.3, 0.4) is 0 Å². The summed E-state index contributed by atoms with van der Waals surface area (Å²) in [5, 5.41) is 0.138. The molecule has 2 aromatic rings. The second-order valence-corrected chi connectivity index (χ2v) is 7.99. The van der Waals surface area contributed by atoms with Crippen LogP contribution in [0.2, 0.25) is 0 Å². The van der Waals surface area contributed by atoms with Crippen molar-refractivity contribution in [2.24, 2.45) is 11.7 Å². The number of benzene rings is 1. The van der Waals surface area contributed by atoms with E-state index in [1.54, 1.807) is 12.1 Å². The molecule has 2 atom stereocenters. The summed E-state index contributed by atoms with van der Waals surface area (Å²) in [5.41, 5.74) is 6.14. The van der Waals surface area contributed by atoms with Crippen LogP contribution in [0.4, 0.5) is 4.39 Å². The van der Waals surface area contributed by atoms with Gasteiger partial charge in [-0.25, -0.2) is 9.51 Å². The van der Waals surface area contributed by atoms with Gasteiger partial charge in [0.2, 0.25) is 0 Å².